The van der Waals surface area contributed by atoms with Crippen molar-refractivity contribution in [2.45, 2.75) is 24.8 Å². The molecular formula is C19H22N6OS. The van der Waals surface area contributed by atoms with E-state index in [1.165, 1.54) is 27.6 Å². The largest absolute Gasteiger partial charge is 0.497 e. The molecular weight excluding hydrogens is 360 g/mol. The van der Waals surface area contributed by atoms with Gasteiger partial charge in [0.25, 0.3) is 5.95 Å². The van der Waals surface area contributed by atoms with Crippen LogP contribution in [-0.2, 0) is 5.75 Å². The van der Waals surface area contributed by atoms with Crippen LogP contribution in [0.15, 0.2) is 58.8 Å². The Balaban J connectivity index is 1.65. The van der Waals surface area contributed by atoms with Gasteiger partial charge in [0.15, 0.2) is 0 Å². The minimum Gasteiger partial charge on any atom is -0.497 e. The molecule has 27 heavy (non-hydrogen) atoms. The van der Waals surface area contributed by atoms with E-state index in [1.54, 1.807) is 7.11 Å². The van der Waals surface area contributed by atoms with Gasteiger partial charge in [0, 0.05) is 11.3 Å². The lowest BCUT2D eigenvalue weighted by atomic mass is 10.1. The maximum Gasteiger partial charge on any atom is 0.264 e. The Kier molecular flexibility index (Phi) is 5.97. The minimum absolute atomic E-state index is 0.378. The molecule has 0 radical (unpaired) electrons. The number of benzene rings is 2. The van der Waals surface area contributed by atoms with Gasteiger partial charge in [0.2, 0.25) is 5.16 Å². The number of hydrogen-bond donors (Lipinski definition) is 2. The molecule has 0 unspecified atom stereocenters. The summed E-state index contributed by atoms with van der Waals surface area (Å²) in [7, 11) is 1.64. The average molecular weight is 382 g/mol. The molecule has 3 rings (SSSR count). The van der Waals surface area contributed by atoms with Crippen LogP contribution in [0.4, 0.5) is 5.95 Å². The van der Waals surface area contributed by atoms with Gasteiger partial charge in [-0.3, -0.25) is 0 Å². The highest BCUT2D eigenvalue weighted by Gasteiger charge is 2.10. The highest BCUT2D eigenvalue weighted by atomic mass is 32.2. The van der Waals surface area contributed by atoms with E-state index in [1.807, 2.05) is 31.2 Å². The highest BCUT2D eigenvalue weighted by Crippen LogP contribution is 2.22. The van der Waals surface area contributed by atoms with Crippen molar-refractivity contribution in [3.05, 3.63) is 65.2 Å². The first-order valence-corrected chi connectivity index (χ1v) is 9.39. The van der Waals surface area contributed by atoms with Crippen molar-refractivity contribution < 1.29 is 4.74 Å². The number of hydrazone groups is 1. The molecule has 0 aliphatic rings. The Morgan fingerprint density at radius 2 is 2.00 bits per heavy atom. The third kappa shape index (κ3) is 4.79. The van der Waals surface area contributed by atoms with Crippen molar-refractivity contribution in [1.29, 1.82) is 0 Å². The molecule has 1 aromatic heterocycles. The number of hydrogen-bond acceptors (Lipinski definition) is 7. The molecule has 0 saturated carbocycles. The van der Waals surface area contributed by atoms with Crippen molar-refractivity contribution >= 4 is 23.4 Å². The van der Waals surface area contributed by atoms with Gasteiger partial charge < -0.3 is 10.6 Å². The maximum absolute atomic E-state index is 6.08. The first kappa shape index (κ1) is 18.8. The van der Waals surface area contributed by atoms with Crippen molar-refractivity contribution in [3.8, 4) is 5.75 Å². The Morgan fingerprint density at radius 1 is 1.22 bits per heavy atom. The molecule has 0 aliphatic heterocycles. The van der Waals surface area contributed by atoms with E-state index in [9.17, 15) is 0 Å². The second-order valence-corrected chi connectivity index (χ2v) is 6.93. The second-order valence-electron chi connectivity index (χ2n) is 5.99. The van der Waals surface area contributed by atoms with Crippen LogP contribution < -0.4 is 16.0 Å². The summed E-state index contributed by atoms with van der Waals surface area (Å²) in [6.07, 6.45) is 0. The topological polar surface area (TPSA) is 90.3 Å². The normalized spacial score (nSPS) is 11.4. The van der Waals surface area contributed by atoms with Crippen molar-refractivity contribution in [1.82, 2.24) is 14.9 Å². The number of nitrogens with zero attached hydrogens (tertiary/aromatic N) is 4. The van der Waals surface area contributed by atoms with Crippen LogP contribution >= 0.6 is 11.8 Å². The van der Waals surface area contributed by atoms with Crippen LogP contribution in [0.3, 0.4) is 0 Å². The van der Waals surface area contributed by atoms with Crippen LogP contribution in [0.5, 0.6) is 5.75 Å². The first-order valence-electron chi connectivity index (χ1n) is 8.40. The van der Waals surface area contributed by atoms with E-state index in [-0.39, 0.29) is 0 Å². The first-order chi connectivity index (χ1) is 13.1. The minimum atomic E-state index is 0.378. The van der Waals surface area contributed by atoms with E-state index in [4.69, 9.17) is 10.6 Å². The molecule has 0 bridgehead atoms. The summed E-state index contributed by atoms with van der Waals surface area (Å²) in [6, 6.07) is 16.0. The molecule has 0 aliphatic carbocycles. The van der Waals surface area contributed by atoms with Gasteiger partial charge in [-0.2, -0.15) is 5.10 Å². The fraction of sp³-hybridized carbons (Fsp3) is 0.211. The molecule has 0 atom stereocenters. The van der Waals surface area contributed by atoms with Crippen molar-refractivity contribution in [2.75, 3.05) is 18.4 Å². The molecule has 1 heterocycles. The third-order valence-electron chi connectivity index (χ3n) is 3.96. The summed E-state index contributed by atoms with van der Waals surface area (Å²) in [5.41, 5.74) is 7.04. The zero-order chi connectivity index (χ0) is 19.2. The van der Waals surface area contributed by atoms with Gasteiger partial charge in [0.05, 0.1) is 12.8 Å². The maximum atomic E-state index is 6.08. The van der Waals surface area contributed by atoms with E-state index < -0.39 is 0 Å². The molecule has 0 fully saturated rings. The van der Waals surface area contributed by atoms with Crippen molar-refractivity contribution in [2.24, 2.45) is 5.10 Å². The molecule has 0 saturated heterocycles. The number of methoxy groups -OCH3 is 1. The Bertz CT molecular complexity index is 936. The molecule has 2 aromatic carbocycles. The number of rotatable bonds is 7. The van der Waals surface area contributed by atoms with Gasteiger partial charge in [0.1, 0.15) is 5.75 Å². The smallest absolute Gasteiger partial charge is 0.264 e. The number of thioether (sulfide) groups is 1. The van der Waals surface area contributed by atoms with Crippen LogP contribution in [0, 0.1) is 6.92 Å². The Hall–Kier alpha value is -3.00. The molecule has 7 nitrogen and oxygen atoms in total. The molecule has 0 amide bonds. The van der Waals surface area contributed by atoms with E-state index in [0.717, 1.165) is 22.8 Å². The predicted octanol–water partition coefficient (Wildman–Crippen LogP) is 3.44. The lowest BCUT2D eigenvalue weighted by molar-refractivity contribution is 0.414. The van der Waals surface area contributed by atoms with Gasteiger partial charge >= 0.3 is 0 Å². The second kappa shape index (κ2) is 8.59. The number of ether oxygens (including phenoxy) is 1. The fourth-order valence-corrected chi connectivity index (χ4v) is 3.14. The van der Waals surface area contributed by atoms with Crippen molar-refractivity contribution in [3.63, 3.8) is 0 Å². The molecule has 0 spiro atoms. The van der Waals surface area contributed by atoms with E-state index in [0.29, 0.717) is 11.1 Å². The zero-order valence-corrected chi connectivity index (χ0v) is 16.3. The summed E-state index contributed by atoms with van der Waals surface area (Å²) in [5, 5.41) is 13.1. The molecule has 3 aromatic rings. The van der Waals surface area contributed by atoms with Crippen LogP contribution in [0.2, 0.25) is 0 Å². The quantitative estimate of drug-likeness (QED) is 0.282. The SMILES string of the molecule is COc1cccc(/C(C)=N/Nc2nnc(SCc3ccc(C)cc3)n2N)c1. The summed E-state index contributed by atoms with van der Waals surface area (Å²) in [5.74, 6) is 8.00. The number of nitrogens with two attached hydrogens (primary N) is 1. The predicted molar refractivity (Wildman–Crippen MR) is 110 cm³/mol. The molecule has 8 heteroatoms. The van der Waals surface area contributed by atoms with Crippen LogP contribution in [-0.4, -0.2) is 27.7 Å². The number of nitrogen functional groups attached to an aromatic ring is 1. The van der Waals surface area contributed by atoms with Crippen LogP contribution in [0.25, 0.3) is 0 Å². The standard InChI is InChI=1S/C19H22N6OS/c1-13-7-9-15(10-8-13)12-27-19-24-23-18(25(19)20)22-21-14(2)16-5-4-6-17(11-16)26-3/h4-11H,12,20H2,1-3H3,(H,22,23)/b21-14+. The zero-order valence-electron chi connectivity index (χ0n) is 15.5. The van der Waals surface area contributed by atoms with E-state index in [2.05, 4.69) is 51.9 Å². The summed E-state index contributed by atoms with van der Waals surface area (Å²) in [4.78, 5) is 0. The third-order valence-corrected chi connectivity index (χ3v) is 4.98. The molecule has 140 valence electrons. The number of anilines is 1. The Morgan fingerprint density at radius 3 is 2.74 bits per heavy atom. The lowest BCUT2D eigenvalue weighted by Crippen LogP contribution is -2.13. The van der Waals surface area contributed by atoms with Gasteiger partial charge in [-0.05, 0) is 31.5 Å². The fourth-order valence-electron chi connectivity index (χ4n) is 2.33. The average Bonchev–Trinajstić information content (AvgIpc) is 3.05. The lowest BCUT2D eigenvalue weighted by Gasteiger charge is -2.06. The van der Waals surface area contributed by atoms with Gasteiger partial charge in [-0.1, -0.05) is 53.7 Å². The summed E-state index contributed by atoms with van der Waals surface area (Å²) in [6.45, 7) is 3.96. The Labute approximate surface area is 162 Å². The van der Waals surface area contributed by atoms with E-state index >= 15 is 0 Å². The van der Waals surface area contributed by atoms with Gasteiger partial charge in [-0.25, -0.2) is 10.1 Å². The number of nitrogens with one attached hydrogen (secondary N) is 1. The monoisotopic (exact) mass is 382 g/mol. The summed E-state index contributed by atoms with van der Waals surface area (Å²) < 4.78 is 6.64. The summed E-state index contributed by atoms with van der Waals surface area (Å²) >= 11 is 1.52. The highest BCUT2D eigenvalue weighted by molar-refractivity contribution is 7.98. The molecule has 3 N–H and O–H groups in total. The number of aryl methyl sites for hydroxylation is 1. The number of aromatic nitrogens is 3. The van der Waals surface area contributed by atoms with Gasteiger partial charge in [-0.15, -0.1) is 10.2 Å². The van der Waals surface area contributed by atoms with Crippen LogP contribution in [0.1, 0.15) is 23.6 Å².